The minimum Gasteiger partial charge on any atom is -0.368 e. The van der Waals surface area contributed by atoms with E-state index in [9.17, 15) is 9.59 Å². The minimum absolute atomic E-state index is 0.323. The van der Waals surface area contributed by atoms with Gasteiger partial charge in [0.1, 0.15) is 6.04 Å². The summed E-state index contributed by atoms with van der Waals surface area (Å²) in [4.78, 5) is 22.6. The normalized spacial score (nSPS) is 11.9. The molecule has 0 aliphatic heterocycles. The molecule has 0 saturated heterocycles. The van der Waals surface area contributed by atoms with Crippen LogP contribution in [0.2, 0.25) is 0 Å². The van der Waals surface area contributed by atoms with Crippen LogP contribution in [0.4, 0.5) is 0 Å². The number of nitrogens with two attached hydrogens (primary N) is 1. The van der Waals surface area contributed by atoms with E-state index in [-0.39, 0.29) is 5.91 Å². The third-order valence-corrected chi connectivity index (χ3v) is 3.31. The molecule has 2 amide bonds. The number of hydrogen-bond acceptors (Lipinski definition) is 2. The topological polar surface area (TPSA) is 72.2 Å². The van der Waals surface area contributed by atoms with Gasteiger partial charge >= 0.3 is 0 Å². The van der Waals surface area contributed by atoms with Gasteiger partial charge in [-0.2, -0.15) is 0 Å². The lowest BCUT2D eigenvalue weighted by atomic mass is 10.2. The largest absolute Gasteiger partial charge is 0.368 e. The van der Waals surface area contributed by atoms with Crippen molar-refractivity contribution in [1.82, 2.24) is 5.32 Å². The SMILES string of the molecule is CC(NC(=O)c1cc(I)ccc1Br)C(N)=O. The van der Waals surface area contributed by atoms with Crippen molar-refractivity contribution in [1.29, 1.82) is 0 Å². The average molecular weight is 397 g/mol. The van der Waals surface area contributed by atoms with Gasteiger partial charge in [-0.15, -0.1) is 0 Å². The molecule has 0 spiro atoms. The smallest absolute Gasteiger partial charge is 0.253 e. The number of nitrogens with one attached hydrogen (secondary N) is 1. The summed E-state index contributed by atoms with van der Waals surface area (Å²) in [5.74, 6) is -0.883. The molecular weight excluding hydrogens is 387 g/mol. The molecule has 4 nitrogen and oxygen atoms in total. The molecule has 86 valence electrons. The number of benzene rings is 1. The predicted octanol–water partition coefficient (Wildman–Crippen LogP) is 1.66. The summed E-state index contributed by atoms with van der Waals surface area (Å²) < 4.78 is 1.62. The van der Waals surface area contributed by atoms with E-state index in [1.807, 2.05) is 6.07 Å². The summed E-state index contributed by atoms with van der Waals surface area (Å²) in [5.41, 5.74) is 5.55. The van der Waals surface area contributed by atoms with Crippen LogP contribution in [0, 0.1) is 3.57 Å². The first-order valence-corrected chi connectivity index (χ1v) is 6.34. The van der Waals surface area contributed by atoms with Crippen LogP contribution >= 0.6 is 38.5 Å². The molecule has 1 aromatic carbocycles. The molecule has 0 radical (unpaired) electrons. The summed E-state index contributed by atoms with van der Waals surface area (Å²) >= 11 is 5.39. The second-order valence-electron chi connectivity index (χ2n) is 3.22. The second kappa shape index (κ2) is 5.62. The highest BCUT2D eigenvalue weighted by Crippen LogP contribution is 2.19. The molecule has 0 aliphatic rings. The number of rotatable bonds is 3. The van der Waals surface area contributed by atoms with Crippen LogP contribution in [0.3, 0.4) is 0 Å². The number of hydrogen-bond donors (Lipinski definition) is 2. The molecule has 16 heavy (non-hydrogen) atoms. The fourth-order valence-electron chi connectivity index (χ4n) is 1.02. The van der Waals surface area contributed by atoms with Crippen molar-refractivity contribution >= 4 is 50.3 Å². The zero-order chi connectivity index (χ0) is 12.3. The van der Waals surface area contributed by atoms with E-state index in [4.69, 9.17) is 5.73 Å². The van der Waals surface area contributed by atoms with Crippen LogP contribution in [-0.2, 0) is 4.79 Å². The van der Waals surface area contributed by atoms with E-state index in [1.54, 1.807) is 19.1 Å². The Morgan fingerprint density at radius 3 is 2.69 bits per heavy atom. The van der Waals surface area contributed by atoms with E-state index < -0.39 is 11.9 Å². The third kappa shape index (κ3) is 3.44. The molecule has 0 bridgehead atoms. The fourth-order valence-corrected chi connectivity index (χ4v) is 1.93. The Labute approximate surface area is 115 Å². The van der Waals surface area contributed by atoms with Crippen molar-refractivity contribution in [3.05, 3.63) is 31.8 Å². The van der Waals surface area contributed by atoms with Crippen LogP contribution in [0.1, 0.15) is 17.3 Å². The zero-order valence-electron chi connectivity index (χ0n) is 8.46. The first kappa shape index (κ1) is 13.4. The Morgan fingerprint density at radius 2 is 2.12 bits per heavy atom. The highest BCUT2D eigenvalue weighted by Gasteiger charge is 2.15. The van der Waals surface area contributed by atoms with Gasteiger partial charge in [0.25, 0.3) is 5.91 Å². The van der Waals surface area contributed by atoms with E-state index in [0.29, 0.717) is 10.0 Å². The van der Waals surface area contributed by atoms with Gasteiger partial charge in [0.2, 0.25) is 5.91 Å². The van der Waals surface area contributed by atoms with Crippen molar-refractivity contribution in [2.24, 2.45) is 5.73 Å². The van der Waals surface area contributed by atoms with Gasteiger partial charge in [-0.05, 0) is 63.6 Å². The van der Waals surface area contributed by atoms with Crippen molar-refractivity contribution in [2.75, 3.05) is 0 Å². The van der Waals surface area contributed by atoms with Crippen molar-refractivity contribution in [3.63, 3.8) is 0 Å². The highest BCUT2D eigenvalue weighted by molar-refractivity contribution is 14.1. The molecule has 0 saturated carbocycles. The molecule has 1 atom stereocenters. The second-order valence-corrected chi connectivity index (χ2v) is 5.32. The molecule has 0 fully saturated rings. The van der Waals surface area contributed by atoms with E-state index in [0.717, 1.165) is 3.57 Å². The number of carbonyl (C=O) groups excluding carboxylic acids is 2. The van der Waals surface area contributed by atoms with E-state index in [2.05, 4.69) is 43.8 Å². The summed E-state index contributed by atoms with van der Waals surface area (Å²) in [6.45, 7) is 1.54. The zero-order valence-corrected chi connectivity index (χ0v) is 12.2. The van der Waals surface area contributed by atoms with Crippen LogP contribution in [0.5, 0.6) is 0 Å². The van der Waals surface area contributed by atoms with Crippen molar-refractivity contribution in [2.45, 2.75) is 13.0 Å². The van der Waals surface area contributed by atoms with Crippen LogP contribution in [0.25, 0.3) is 0 Å². The molecule has 1 unspecified atom stereocenters. The minimum atomic E-state index is -0.683. The van der Waals surface area contributed by atoms with Gasteiger partial charge in [-0.1, -0.05) is 0 Å². The Balaban J connectivity index is 2.88. The lowest BCUT2D eigenvalue weighted by molar-refractivity contribution is -0.119. The molecule has 1 rings (SSSR count). The third-order valence-electron chi connectivity index (χ3n) is 1.95. The highest BCUT2D eigenvalue weighted by atomic mass is 127. The predicted molar refractivity (Wildman–Crippen MR) is 73.0 cm³/mol. The van der Waals surface area contributed by atoms with Crippen LogP contribution < -0.4 is 11.1 Å². The maximum atomic E-state index is 11.8. The summed E-state index contributed by atoms with van der Waals surface area (Å²) in [7, 11) is 0. The van der Waals surface area contributed by atoms with E-state index in [1.165, 1.54) is 0 Å². The standard InChI is InChI=1S/C10H10BrIN2O2/c1-5(9(13)15)14-10(16)7-4-6(12)2-3-8(7)11/h2-5H,1H3,(H2,13,15)(H,14,16). The number of amides is 2. The quantitative estimate of drug-likeness (QED) is 0.762. The van der Waals surface area contributed by atoms with E-state index >= 15 is 0 Å². The van der Waals surface area contributed by atoms with Crippen LogP contribution in [0.15, 0.2) is 22.7 Å². The summed E-state index contributed by atoms with van der Waals surface area (Å²) in [6, 6.07) is 4.70. The Morgan fingerprint density at radius 1 is 1.50 bits per heavy atom. The Kier molecular flexibility index (Phi) is 4.72. The van der Waals surface area contributed by atoms with Crippen molar-refractivity contribution in [3.8, 4) is 0 Å². The van der Waals surface area contributed by atoms with Gasteiger partial charge in [0.05, 0.1) is 5.56 Å². The number of primary amides is 1. The molecule has 1 aromatic rings. The summed E-state index contributed by atoms with van der Waals surface area (Å²) in [6.07, 6.45) is 0. The molecule has 3 N–H and O–H groups in total. The van der Waals surface area contributed by atoms with Gasteiger partial charge in [0.15, 0.2) is 0 Å². The van der Waals surface area contributed by atoms with Crippen molar-refractivity contribution < 1.29 is 9.59 Å². The van der Waals surface area contributed by atoms with Crippen LogP contribution in [-0.4, -0.2) is 17.9 Å². The van der Waals surface area contributed by atoms with Gasteiger partial charge in [-0.3, -0.25) is 9.59 Å². The lowest BCUT2D eigenvalue weighted by Gasteiger charge is -2.11. The number of halogens is 2. The molecule has 0 aromatic heterocycles. The Hall–Kier alpha value is -0.630. The average Bonchev–Trinajstić information content (AvgIpc) is 2.21. The van der Waals surface area contributed by atoms with Gasteiger partial charge < -0.3 is 11.1 Å². The summed E-state index contributed by atoms with van der Waals surface area (Å²) in [5, 5.41) is 2.52. The first-order chi connectivity index (χ1) is 7.41. The fraction of sp³-hybridized carbons (Fsp3) is 0.200. The molecular formula is C10H10BrIN2O2. The lowest BCUT2D eigenvalue weighted by Crippen LogP contribution is -2.42. The van der Waals surface area contributed by atoms with Gasteiger partial charge in [-0.25, -0.2) is 0 Å². The Bertz CT molecular complexity index is 437. The maximum absolute atomic E-state index is 11.8. The monoisotopic (exact) mass is 396 g/mol. The maximum Gasteiger partial charge on any atom is 0.253 e. The molecule has 0 aliphatic carbocycles. The molecule has 6 heteroatoms. The van der Waals surface area contributed by atoms with Gasteiger partial charge in [0, 0.05) is 8.04 Å². The number of carbonyl (C=O) groups is 2. The first-order valence-electron chi connectivity index (χ1n) is 4.47. The molecule has 0 heterocycles.